The Balaban J connectivity index is 2.28. The van der Waals surface area contributed by atoms with Gasteiger partial charge in [-0.2, -0.15) is 0 Å². The number of primary amides is 1. The van der Waals surface area contributed by atoms with Gasteiger partial charge in [-0.05, 0) is 43.4 Å². The maximum atomic E-state index is 11.3. The van der Waals surface area contributed by atoms with Crippen molar-refractivity contribution in [3.8, 4) is 0 Å². The fourth-order valence-corrected chi connectivity index (χ4v) is 1.97. The fourth-order valence-electron chi connectivity index (χ4n) is 1.97. The van der Waals surface area contributed by atoms with Crippen LogP contribution in [0.25, 0.3) is 0 Å². The van der Waals surface area contributed by atoms with E-state index in [9.17, 15) is 9.59 Å². The zero-order chi connectivity index (χ0) is 13.3. The number of carbonyl (C=O) groups is 2. The standard InChI is InChI=1S/C13H16N2O3/c1-7-2-5-9(12(14)16)10(6-7)15-11(13(17)18)8-3-4-8/h2,5-6,8,11,15H,3-4H2,1H3,(H2,14,16)(H,17,18). The molecule has 1 aliphatic rings. The van der Waals surface area contributed by atoms with E-state index in [1.165, 1.54) is 0 Å². The molecule has 5 heteroatoms. The van der Waals surface area contributed by atoms with Crippen LogP contribution in [0, 0.1) is 12.8 Å². The van der Waals surface area contributed by atoms with E-state index in [2.05, 4.69) is 5.32 Å². The van der Waals surface area contributed by atoms with Gasteiger partial charge in [-0.3, -0.25) is 4.79 Å². The van der Waals surface area contributed by atoms with E-state index < -0.39 is 17.9 Å². The summed E-state index contributed by atoms with van der Waals surface area (Å²) in [6, 6.07) is 4.49. The summed E-state index contributed by atoms with van der Waals surface area (Å²) in [7, 11) is 0. The summed E-state index contributed by atoms with van der Waals surface area (Å²) in [5.41, 5.74) is 7.06. The summed E-state index contributed by atoms with van der Waals surface area (Å²) in [4.78, 5) is 22.5. The number of hydrogen-bond donors (Lipinski definition) is 3. The molecule has 1 atom stereocenters. The molecule has 1 unspecified atom stereocenters. The highest BCUT2D eigenvalue weighted by Crippen LogP contribution is 2.35. The topological polar surface area (TPSA) is 92.4 Å². The maximum Gasteiger partial charge on any atom is 0.326 e. The molecule has 4 N–H and O–H groups in total. The molecule has 1 saturated carbocycles. The van der Waals surface area contributed by atoms with Crippen LogP contribution >= 0.6 is 0 Å². The van der Waals surface area contributed by atoms with Crippen LogP contribution in [-0.4, -0.2) is 23.0 Å². The van der Waals surface area contributed by atoms with E-state index in [0.717, 1.165) is 18.4 Å². The van der Waals surface area contributed by atoms with Gasteiger partial charge in [0.05, 0.1) is 5.56 Å². The van der Waals surface area contributed by atoms with Gasteiger partial charge in [0.2, 0.25) is 0 Å². The minimum absolute atomic E-state index is 0.142. The molecule has 1 aromatic carbocycles. The third-order valence-electron chi connectivity index (χ3n) is 3.11. The van der Waals surface area contributed by atoms with Crippen molar-refractivity contribution in [2.75, 3.05) is 5.32 Å². The largest absolute Gasteiger partial charge is 0.480 e. The summed E-state index contributed by atoms with van der Waals surface area (Å²) in [6.45, 7) is 1.88. The molecule has 18 heavy (non-hydrogen) atoms. The van der Waals surface area contributed by atoms with Gasteiger partial charge in [-0.15, -0.1) is 0 Å². The van der Waals surface area contributed by atoms with Gasteiger partial charge in [-0.25, -0.2) is 4.79 Å². The molecule has 0 bridgehead atoms. The molecule has 5 nitrogen and oxygen atoms in total. The van der Waals surface area contributed by atoms with Gasteiger partial charge in [0.25, 0.3) is 5.91 Å². The molecule has 1 aliphatic carbocycles. The Hall–Kier alpha value is -2.04. The number of aryl methyl sites for hydroxylation is 1. The van der Waals surface area contributed by atoms with Crippen LogP contribution in [0.2, 0.25) is 0 Å². The predicted molar refractivity (Wildman–Crippen MR) is 67.5 cm³/mol. The molecular weight excluding hydrogens is 232 g/mol. The number of hydrogen-bond acceptors (Lipinski definition) is 3. The molecule has 0 saturated heterocycles. The van der Waals surface area contributed by atoms with Crippen LogP contribution < -0.4 is 11.1 Å². The lowest BCUT2D eigenvalue weighted by Gasteiger charge is -2.17. The minimum atomic E-state index is -0.894. The number of carboxylic acids is 1. The molecular formula is C13H16N2O3. The van der Waals surface area contributed by atoms with Crippen LogP contribution in [0.5, 0.6) is 0 Å². The number of carbonyl (C=O) groups excluding carboxylic acids is 1. The highest BCUT2D eigenvalue weighted by atomic mass is 16.4. The van der Waals surface area contributed by atoms with E-state index in [4.69, 9.17) is 10.8 Å². The Morgan fingerprint density at radius 3 is 2.61 bits per heavy atom. The Kier molecular flexibility index (Phi) is 3.23. The molecule has 2 rings (SSSR count). The van der Waals surface area contributed by atoms with Crippen molar-refractivity contribution in [1.29, 1.82) is 0 Å². The van der Waals surface area contributed by atoms with Crippen molar-refractivity contribution in [2.24, 2.45) is 11.7 Å². The normalized spacial score (nSPS) is 16.1. The number of carboxylic acid groups (broad SMARTS) is 1. The van der Waals surface area contributed by atoms with Crippen molar-refractivity contribution in [3.63, 3.8) is 0 Å². The number of rotatable bonds is 5. The van der Waals surface area contributed by atoms with Gasteiger partial charge in [0, 0.05) is 5.69 Å². The molecule has 0 aliphatic heterocycles. The zero-order valence-electron chi connectivity index (χ0n) is 10.1. The third-order valence-corrected chi connectivity index (χ3v) is 3.11. The van der Waals surface area contributed by atoms with Gasteiger partial charge < -0.3 is 16.2 Å². The Morgan fingerprint density at radius 2 is 2.11 bits per heavy atom. The zero-order valence-corrected chi connectivity index (χ0v) is 10.1. The van der Waals surface area contributed by atoms with Crippen LogP contribution in [0.3, 0.4) is 0 Å². The number of nitrogens with two attached hydrogens (primary N) is 1. The van der Waals surface area contributed by atoms with Crippen LogP contribution in [0.4, 0.5) is 5.69 Å². The van der Waals surface area contributed by atoms with Gasteiger partial charge in [0.15, 0.2) is 0 Å². The fraction of sp³-hybridized carbons (Fsp3) is 0.385. The second kappa shape index (κ2) is 4.68. The Morgan fingerprint density at radius 1 is 1.44 bits per heavy atom. The van der Waals surface area contributed by atoms with E-state index in [-0.39, 0.29) is 5.92 Å². The first kappa shape index (κ1) is 12.4. The highest BCUT2D eigenvalue weighted by molar-refractivity contribution is 5.99. The van der Waals surface area contributed by atoms with E-state index in [0.29, 0.717) is 11.3 Å². The maximum absolute atomic E-state index is 11.3. The number of anilines is 1. The molecule has 0 radical (unpaired) electrons. The monoisotopic (exact) mass is 248 g/mol. The van der Waals surface area contributed by atoms with Crippen molar-refractivity contribution in [3.05, 3.63) is 29.3 Å². The second-order valence-electron chi connectivity index (χ2n) is 4.71. The van der Waals surface area contributed by atoms with Crippen molar-refractivity contribution in [1.82, 2.24) is 0 Å². The Bertz CT molecular complexity index is 495. The SMILES string of the molecule is Cc1ccc(C(N)=O)c(NC(C(=O)O)C2CC2)c1. The lowest BCUT2D eigenvalue weighted by molar-refractivity contribution is -0.138. The van der Waals surface area contributed by atoms with E-state index >= 15 is 0 Å². The van der Waals surface area contributed by atoms with E-state index in [1.807, 2.05) is 6.92 Å². The molecule has 0 spiro atoms. The first-order valence-corrected chi connectivity index (χ1v) is 5.89. The van der Waals surface area contributed by atoms with E-state index in [1.54, 1.807) is 18.2 Å². The molecule has 1 aromatic rings. The number of amides is 1. The molecule has 0 aromatic heterocycles. The lowest BCUT2D eigenvalue weighted by atomic mass is 10.1. The minimum Gasteiger partial charge on any atom is -0.480 e. The van der Waals surface area contributed by atoms with Crippen LogP contribution in [-0.2, 0) is 4.79 Å². The van der Waals surface area contributed by atoms with Gasteiger partial charge in [0.1, 0.15) is 6.04 Å². The van der Waals surface area contributed by atoms with Gasteiger partial charge in [-0.1, -0.05) is 6.07 Å². The molecule has 96 valence electrons. The average molecular weight is 248 g/mol. The average Bonchev–Trinajstić information content (AvgIpc) is 3.08. The number of benzene rings is 1. The van der Waals surface area contributed by atoms with Gasteiger partial charge >= 0.3 is 5.97 Å². The third kappa shape index (κ3) is 2.61. The second-order valence-corrected chi connectivity index (χ2v) is 4.71. The first-order valence-electron chi connectivity index (χ1n) is 5.89. The Labute approximate surface area is 105 Å². The van der Waals surface area contributed by atoms with Crippen LogP contribution in [0.1, 0.15) is 28.8 Å². The highest BCUT2D eigenvalue weighted by Gasteiger charge is 2.36. The summed E-state index contributed by atoms with van der Waals surface area (Å²) in [5, 5.41) is 12.1. The summed E-state index contributed by atoms with van der Waals surface area (Å²) < 4.78 is 0. The quantitative estimate of drug-likeness (QED) is 0.733. The molecule has 0 heterocycles. The smallest absolute Gasteiger partial charge is 0.326 e. The first-order chi connectivity index (χ1) is 8.49. The summed E-state index contributed by atoms with van der Waals surface area (Å²) in [5.74, 6) is -1.31. The molecule has 1 amide bonds. The van der Waals surface area contributed by atoms with Crippen molar-refractivity contribution in [2.45, 2.75) is 25.8 Å². The predicted octanol–water partition coefficient (Wildman–Crippen LogP) is 1.37. The van der Waals surface area contributed by atoms with Crippen LogP contribution in [0.15, 0.2) is 18.2 Å². The summed E-state index contributed by atoms with van der Waals surface area (Å²) in [6.07, 6.45) is 1.81. The summed E-state index contributed by atoms with van der Waals surface area (Å²) >= 11 is 0. The lowest BCUT2D eigenvalue weighted by Crippen LogP contribution is -2.32. The van der Waals surface area contributed by atoms with Crippen molar-refractivity contribution < 1.29 is 14.7 Å². The number of nitrogens with one attached hydrogen (secondary N) is 1. The number of aliphatic carboxylic acids is 1. The van der Waals surface area contributed by atoms with Crippen molar-refractivity contribution >= 4 is 17.6 Å². The molecule has 1 fully saturated rings.